The maximum absolute atomic E-state index is 12.4. The van der Waals surface area contributed by atoms with Crippen LogP contribution in [0.25, 0.3) is 11.1 Å². The van der Waals surface area contributed by atoms with Crippen LogP contribution in [0.5, 0.6) is 0 Å². The van der Waals surface area contributed by atoms with Crippen LogP contribution >= 0.6 is 0 Å². The molecule has 0 aliphatic rings. The van der Waals surface area contributed by atoms with Gasteiger partial charge in [-0.25, -0.2) is 9.37 Å². The standard InChI is InChI=1S/C16H21FN2O2.C7H8O3S/c1-2-3-4-16-19-14-6-5-12(7-15(14)21-16)10-20-11-13(8-17)9-18;1-6-2-4-7(5-3-6)11(8,9)10/h5-8H,2-4,9-11,18H2,1H3;2-5H,1H3,(H,8,9,10)/b13-8+;. The molecular formula is C23H29FN2O5S. The third kappa shape index (κ3) is 8.16. The number of rotatable bonds is 9. The van der Waals surface area contributed by atoms with Gasteiger partial charge in [0.1, 0.15) is 5.52 Å². The van der Waals surface area contributed by atoms with Crippen LogP contribution in [-0.2, 0) is 27.9 Å². The number of ether oxygens (including phenoxy) is 1. The second-order valence-electron chi connectivity index (χ2n) is 7.27. The molecule has 0 aliphatic heterocycles. The lowest BCUT2D eigenvalue weighted by Gasteiger charge is -2.05. The predicted molar refractivity (Wildman–Crippen MR) is 122 cm³/mol. The summed E-state index contributed by atoms with van der Waals surface area (Å²) in [4.78, 5) is 4.38. The van der Waals surface area contributed by atoms with Crippen molar-refractivity contribution < 1.29 is 26.5 Å². The largest absolute Gasteiger partial charge is 0.441 e. The molecule has 174 valence electrons. The van der Waals surface area contributed by atoms with E-state index >= 15 is 0 Å². The van der Waals surface area contributed by atoms with E-state index < -0.39 is 10.1 Å². The van der Waals surface area contributed by atoms with Crippen molar-refractivity contribution in [3.63, 3.8) is 0 Å². The van der Waals surface area contributed by atoms with Crippen molar-refractivity contribution in [2.24, 2.45) is 5.73 Å². The number of nitrogens with two attached hydrogens (primary N) is 1. The van der Waals surface area contributed by atoms with Crippen LogP contribution in [0.1, 0.15) is 36.8 Å². The summed E-state index contributed by atoms with van der Waals surface area (Å²) in [6.07, 6.45) is 3.54. The molecule has 0 atom stereocenters. The van der Waals surface area contributed by atoms with Crippen LogP contribution in [0.4, 0.5) is 4.39 Å². The highest BCUT2D eigenvalue weighted by Crippen LogP contribution is 2.19. The highest BCUT2D eigenvalue weighted by molar-refractivity contribution is 7.85. The van der Waals surface area contributed by atoms with E-state index in [4.69, 9.17) is 19.4 Å². The van der Waals surface area contributed by atoms with Crippen LogP contribution in [0.3, 0.4) is 0 Å². The Kier molecular flexibility index (Phi) is 9.98. The molecule has 0 bridgehead atoms. The van der Waals surface area contributed by atoms with Gasteiger partial charge in [-0.3, -0.25) is 4.55 Å². The number of oxazole rings is 1. The first-order chi connectivity index (χ1) is 15.3. The molecule has 1 heterocycles. The number of aryl methyl sites for hydroxylation is 2. The summed E-state index contributed by atoms with van der Waals surface area (Å²) in [6, 6.07) is 11.8. The normalized spacial score (nSPS) is 12.0. The van der Waals surface area contributed by atoms with Gasteiger partial charge in [-0.05, 0) is 48.7 Å². The van der Waals surface area contributed by atoms with Crippen molar-refractivity contribution in [2.75, 3.05) is 13.2 Å². The second-order valence-corrected chi connectivity index (χ2v) is 8.69. The topological polar surface area (TPSA) is 116 Å². The zero-order valence-corrected chi connectivity index (χ0v) is 19.1. The number of hydrogen-bond acceptors (Lipinski definition) is 6. The van der Waals surface area contributed by atoms with Crippen molar-refractivity contribution in [1.82, 2.24) is 4.98 Å². The molecule has 0 saturated heterocycles. The molecule has 0 radical (unpaired) electrons. The molecule has 3 aromatic rings. The number of aromatic nitrogens is 1. The molecule has 7 nitrogen and oxygen atoms in total. The molecule has 0 saturated carbocycles. The maximum atomic E-state index is 12.4. The molecule has 9 heteroatoms. The number of benzene rings is 2. The number of halogens is 1. The van der Waals surface area contributed by atoms with Gasteiger partial charge in [-0.1, -0.05) is 37.1 Å². The molecule has 3 rings (SSSR count). The van der Waals surface area contributed by atoms with E-state index in [0.717, 1.165) is 47.4 Å². The van der Waals surface area contributed by atoms with Crippen molar-refractivity contribution >= 4 is 21.2 Å². The minimum Gasteiger partial charge on any atom is -0.441 e. The lowest BCUT2D eigenvalue weighted by molar-refractivity contribution is 0.141. The molecule has 1 aromatic heterocycles. The molecule has 0 aliphatic carbocycles. The van der Waals surface area contributed by atoms with Crippen molar-refractivity contribution in [1.29, 1.82) is 0 Å². The van der Waals surface area contributed by atoms with Gasteiger partial charge < -0.3 is 14.9 Å². The highest BCUT2D eigenvalue weighted by atomic mass is 32.2. The molecule has 0 unspecified atom stereocenters. The third-order valence-corrected chi connectivity index (χ3v) is 5.40. The monoisotopic (exact) mass is 464 g/mol. The van der Waals surface area contributed by atoms with E-state index in [1.54, 1.807) is 12.1 Å². The van der Waals surface area contributed by atoms with E-state index in [-0.39, 0.29) is 18.0 Å². The summed E-state index contributed by atoms with van der Waals surface area (Å²) in [7, 11) is -4.02. The maximum Gasteiger partial charge on any atom is 0.294 e. The Balaban J connectivity index is 0.000000278. The number of nitrogens with zero attached hydrogens (tertiary/aromatic N) is 1. The average molecular weight is 465 g/mol. The molecule has 0 fully saturated rings. The van der Waals surface area contributed by atoms with Crippen LogP contribution in [-0.4, -0.2) is 31.1 Å². The smallest absolute Gasteiger partial charge is 0.294 e. The molecule has 0 spiro atoms. The molecule has 3 N–H and O–H groups in total. The van der Waals surface area contributed by atoms with Crippen molar-refractivity contribution in [2.45, 2.75) is 44.6 Å². The van der Waals surface area contributed by atoms with E-state index in [1.807, 2.05) is 25.1 Å². The van der Waals surface area contributed by atoms with Crippen LogP contribution in [0.2, 0.25) is 0 Å². The Hall–Kier alpha value is -2.59. The van der Waals surface area contributed by atoms with Gasteiger partial charge in [0, 0.05) is 13.0 Å². The molecule has 0 amide bonds. The Bertz CT molecular complexity index is 1120. The van der Waals surface area contributed by atoms with Crippen LogP contribution in [0.15, 0.2) is 63.7 Å². The van der Waals surface area contributed by atoms with Gasteiger partial charge in [0.25, 0.3) is 10.1 Å². The summed E-state index contributed by atoms with van der Waals surface area (Å²) in [6.45, 7) is 4.73. The minimum atomic E-state index is -4.02. The Labute approximate surface area is 187 Å². The fourth-order valence-electron chi connectivity index (χ4n) is 2.69. The van der Waals surface area contributed by atoms with Gasteiger partial charge >= 0.3 is 0 Å². The fourth-order valence-corrected chi connectivity index (χ4v) is 3.17. The Morgan fingerprint density at radius 2 is 1.97 bits per heavy atom. The van der Waals surface area contributed by atoms with Crippen LogP contribution < -0.4 is 5.73 Å². The van der Waals surface area contributed by atoms with Gasteiger partial charge in [0.2, 0.25) is 0 Å². The minimum absolute atomic E-state index is 0.0666. The predicted octanol–water partition coefficient (Wildman–Crippen LogP) is 4.74. The number of fused-ring (bicyclic) bond motifs is 1. The molecular weight excluding hydrogens is 435 g/mol. The first-order valence-electron chi connectivity index (χ1n) is 10.2. The third-order valence-electron chi connectivity index (χ3n) is 4.53. The summed E-state index contributed by atoms with van der Waals surface area (Å²) in [5, 5.41) is 0. The summed E-state index contributed by atoms with van der Waals surface area (Å²) in [5.74, 6) is 0.774. The summed E-state index contributed by atoms with van der Waals surface area (Å²) in [5.41, 5.74) is 9.36. The first-order valence-corrected chi connectivity index (χ1v) is 11.7. The molecule has 32 heavy (non-hydrogen) atoms. The van der Waals surface area contributed by atoms with Gasteiger partial charge in [-0.15, -0.1) is 0 Å². The van der Waals surface area contributed by atoms with Crippen LogP contribution in [0, 0.1) is 6.92 Å². The van der Waals surface area contributed by atoms with E-state index in [2.05, 4.69) is 11.9 Å². The average Bonchev–Trinajstić information content (AvgIpc) is 3.17. The molecule has 2 aromatic carbocycles. The quantitative estimate of drug-likeness (QED) is 0.439. The van der Waals surface area contributed by atoms with Gasteiger partial charge in [-0.2, -0.15) is 8.42 Å². The second kappa shape index (κ2) is 12.4. The first kappa shape index (κ1) is 25.7. The Morgan fingerprint density at radius 1 is 1.25 bits per heavy atom. The zero-order chi connectivity index (χ0) is 23.6. The van der Waals surface area contributed by atoms with Crippen molar-refractivity contribution in [3.05, 3.63) is 71.4 Å². The van der Waals surface area contributed by atoms with Gasteiger partial charge in [0.05, 0.1) is 24.4 Å². The van der Waals surface area contributed by atoms with E-state index in [1.165, 1.54) is 12.1 Å². The SMILES string of the molecule is CCCCc1nc2ccc(COC/C(=C/F)CN)cc2o1.Cc1ccc(S(=O)(=O)O)cc1. The number of unbranched alkanes of at least 4 members (excludes halogenated alkanes) is 1. The van der Waals surface area contributed by atoms with E-state index in [9.17, 15) is 12.8 Å². The highest BCUT2D eigenvalue weighted by Gasteiger charge is 2.07. The summed E-state index contributed by atoms with van der Waals surface area (Å²) < 4.78 is 53.1. The number of hydrogen-bond donors (Lipinski definition) is 2. The fraction of sp³-hybridized carbons (Fsp3) is 0.348. The Morgan fingerprint density at radius 3 is 2.56 bits per heavy atom. The zero-order valence-electron chi connectivity index (χ0n) is 18.3. The lowest BCUT2D eigenvalue weighted by atomic mass is 10.2. The van der Waals surface area contributed by atoms with Gasteiger partial charge in [0.15, 0.2) is 11.5 Å². The van der Waals surface area contributed by atoms with E-state index in [0.29, 0.717) is 18.5 Å². The summed E-state index contributed by atoms with van der Waals surface area (Å²) >= 11 is 0. The lowest BCUT2D eigenvalue weighted by Crippen LogP contribution is -2.08. The van der Waals surface area contributed by atoms with Crippen molar-refractivity contribution in [3.8, 4) is 0 Å².